The Labute approximate surface area is 181 Å². The number of aromatic nitrogens is 2. The first-order valence-electron chi connectivity index (χ1n) is 9.09. The fraction of sp³-hybridized carbons (Fsp3) is 0.0476. The Morgan fingerprint density at radius 2 is 1.61 bits per heavy atom. The molecule has 0 saturated heterocycles. The number of rotatable bonds is 4. The summed E-state index contributed by atoms with van der Waals surface area (Å²) in [5, 5.41) is 0.350. The largest absolute Gasteiger partial charge is 0.399 e. The molecule has 31 heavy (non-hydrogen) atoms. The Morgan fingerprint density at radius 1 is 0.935 bits per heavy atom. The number of nitrogens with two attached hydrogens (primary N) is 1. The molecule has 0 aliphatic heterocycles. The number of sulfonamides is 1. The predicted octanol–water partition coefficient (Wildman–Crippen LogP) is 3.23. The maximum atomic E-state index is 13.0. The number of benzene rings is 3. The van der Waals surface area contributed by atoms with E-state index < -0.39 is 21.1 Å². The zero-order valence-electron chi connectivity index (χ0n) is 16.2. The summed E-state index contributed by atoms with van der Waals surface area (Å²) in [7, 11) is -4.00. The topological polar surface area (TPSA) is 138 Å². The lowest BCUT2D eigenvalue weighted by Crippen LogP contribution is -2.29. The average molecular weight is 457 g/mol. The molecular formula is C21H17ClN4O4S. The Bertz CT molecular complexity index is 1560. The number of H-pyrrole nitrogens is 2. The fourth-order valence-corrected chi connectivity index (χ4v) is 4.86. The lowest BCUT2D eigenvalue weighted by atomic mass is 10.0. The normalized spacial score (nSPS) is 11.5. The van der Waals surface area contributed by atoms with Crippen LogP contribution in [0.3, 0.4) is 0 Å². The van der Waals surface area contributed by atoms with Crippen LogP contribution >= 0.6 is 11.6 Å². The Balaban J connectivity index is 1.71. The molecule has 0 aliphatic rings. The molecule has 0 aliphatic carbocycles. The van der Waals surface area contributed by atoms with Crippen LogP contribution in [0.2, 0.25) is 5.02 Å². The number of aromatic amines is 2. The number of hydrogen-bond donors (Lipinski definition) is 4. The lowest BCUT2D eigenvalue weighted by Gasteiger charge is -2.13. The zero-order chi connectivity index (χ0) is 22.3. The standard InChI is InChI=1S/C21H17ClN4O4S/c1-11-7-17-18(25-21(28)20(27)24-17)10-19(11)31(29,30)26-14-5-6-15(16(22)9-14)12-3-2-4-13(23)8-12/h2-10,26H,23H2,1H3,(H,24,27)(H,25,28). The van der Waals surface area contributed by atoms with E-state index in [9.17, 15) is 18.0 Å². The van der Waals surface area contributed by atoms with Gasteiger partial charge in [-0.2, -0.15) is 0 Å². The second kappa shape index (κ2) is 7.60. The van der Waals surface area contributed by atoms with E-state index in [4.69, 9.17) is 17.3 Å². The summed E-state index contributed by atoms with van der Waals surface area (Å²) in [5.74, 6) is 0. The van der Waals surface area contributed by atoms with Crippen molar-refractivity contribution >= 4 is 44.0 Å². The van der Waals surface area contributed by atoms with E-state index in [0.717, 1.165) is 5.56 Å². The van der Waals surface area contributed by atoms with Crippen molar-refractivity contribution in [3.05, 3.63) is 85.9 Å². The van der Waals surface area contributed by atoms with Gasteiger partial charge < -0.3 is 15.7 Å². The van der Waals surface area contributed by atoms with E-state index >= 15 is 0 Å². The van der Waals surface area contributed by atoms with E-state index in [1.165, 1.54) is 18.2 Å². The van der Waals surface area contributed by atoms with Gasteiger partial charge in [-0.25, -0.2) is 8.42 Å². The summed E-state index contributed by atoms with van der Waals surface area (Å²) in [5.41, 5.74) is 7.44. The van der Waals surface area contributed by atoms with Gasteiger partial charge >= 0.3 is 11.1 Å². The van der Waals surface area contributed by atoms with Crippen LogP contribution in [-0.2, 0) is 10.0 Å². The average Bonchev–Trinajstić information content (AvgIpc) is 2.68. The number of fused-ring (bicyclic) bond motifs is 1. The maximum absolute atomic E-state index is 13.0. The van der Waals surface area contributed by atoms with E-state index in [1.807, 2.05) is 6.07 Å². The molecule has 0 amide bonds. The summed E-state index contributed by atoms with van der Waals surface area (Å²) in [6.07, 6.45) is 0. The fourth-order valence-electron chi connectivity index (χ4n) is 3.27. The van der Waals surface area contributed by atoms with Gasteiger partial charge in [0, 0.05) is 11.3 Å². The molecule has 1 aromatic heterocycles. The molecule has 0 unspecified atom stereocenters. The molecular weight excluding hydrogens is 440 g/mol. The molecule has 4 aromatic rings. The summed E-state index contributed by atoms with van der Waals surface area (Å²) < 4.78 is 28.5. The van der Waals surface area contributed by atoms with Crippen molar-refractivity contribution in [1.82, 2.24) is 9.97 Å². The first-order valence-corrected chi connectivity index (χ1v) is 11.0. The molecule has 0 radical (unpaired) electrons. The highest BCUT2D eigenvalue weighted by Crippen LogP contribution is 2.32. The third-order valence-electron chi connectivity index (χ3n) is 4.73. The second-order valence-corrected chi connectivity index (χ2v) is 9.06. The van der Waals surface area contributed by atoms with Crippen molar-refractivity contribution in [1.29, 1.82) is 0 Å². The van der Waals surface area contributed by atoms with E-state index in [2.05, 4.69) is 14.7 Å². The Morgan fingerprint density at radius 3 is 2.26 bits per heavy atom. The van der Waals surface area contributed by atoms with Crippen LogP contribution in [0.15, 0.2) is 69.1 Å². The van der Waals surface area contributed by atoms with Gasteiger partial charge in [-0.15, -0.1) is 0 Å². The molecule has 0 atom stereocenters. The van der Waals surface area contributed by atoms with Crippen molar-refractivity contribution in [3.8, 4) is 11.1 Å². The minimum absolute atomic E-state index is 0.0428. The number of halogens is 1. The minimum Gasteiger partial charge on any atom is -0.399 e. The highest BCUT2D eigenvalue weighted by Gasteiger charge is 2.19. The van der Waals surface area contributed by atoms with Crippen molar-refractivity contribution < 1.29 is 8.42 Å². The maximum Gasteiger partial charge on any atom is 0.314 e. The van der Waals surface area contributed by atoms with E-state index in [0.29, 0.717) is 27.4 Å². The molecule has 0 fully saturated rings. The second-order valence-electron chi connectivity index (χ2n) is 7.00. The summed E-state index contributed by atoms with van der Waals surface area (Å²) in [6, 6.07) is 14.8. The summed E-state index contributed by atoms with van der Waals surface area (Å²) in [6.45, 7) is 1.59. The van der Waals surface area contributed by atoms with E-state index in [-0.39, 0.29) is 16.1 Å². The van der Waals surface area contributed by atoms with Gasteiger partial charge in [0.15, 0.2) is 0 Å². The number of nitrogens with one attached hydrogen (secondary N) is 3. The van der Waals surface area contributed by atoms with Crippen molar-refractivity contribution in [2.45, 2.75) is 11.8 Å². The molecule has 0 spiro atoms. The van der Waals surface area contributed by atoms with Crippen LogP contribution in [0, 0.1) is 6.92 Å². The molecule has 10 heteroatoms. The molecule has 5 N–H and O–H groups in total. The number of hydrogen-bond acceptors (Lipinski definition) is 5. The monoisotopic (exact) mass is 456 g/mol. The summed E-state index contributed by atoms with van der Waals surface area (Å²) in [4.78, 5) is 27.8. The predicted molar refractivity (Wildman–Crippen MR) is 122 cm³/mol. The SMILES string of the molecule is Cc1cc2[nH]c(=O)c(=O)[nH]c2cc1S(=O)(=O)Nc1ccc(-c2cccc(N)c2)c(Cl)c1. The number of anilines is 2. The lowest BCUT2D eigenvalue weighted by molar-refractivity contribution is 0.600. The van der Waals surface area contributed by atoms with E-state index in [1.54, 1.807) is 37.3 Å². The third-order valence-corrected chi connectivity index (χ3v) is 6.56. The summed E-state index contributed by atoms with van der Waals surface area (Å²) >= 11 is 6.38. The van der Waals surface area contributed by atoms with Crippen LogP contribution < -0.4 is 21.6 Å². The van der Waals surface area contributed by atoms with Crippen LogP contribution in [0.4, 0.5) is 11.4 Å². The third kappa shape index (κ3) is 4.05. The van der Waals surface area contributed by atoms with Gasteiger partial charge in [0.05, 0.1) is 26.6 Å². The van der Waals surface area contributed by atoms with Crippen molar-refractivity contribution in [3.63, 3.8) is 0 Å². The first-order chi connectivity index (χ1) is 14.6. The van der Waals surface area contributed by atoms with Gasteiger partial charge in [0.25, 0.3) is 10.0 Å². The highest BCUT2D eigenvalue weighted by molar-refractivity contribution is 7.92. The van der Waals surface area contributed by atoms with Gasteiger partial charge in [0.1, 0.15) is 0 Å². The Kier molecular flexibility index (Phi) is 5.08. The van der Waals surface area contributed by atoms with Crippen molar-refractivity contribution in [2.75, 3.05) is 10.5 Å². The molecule has 3 aromatic carbocycles. The van der Waals surface area contributed by atoms with Crippen LogP contribution in [0.5, 0.6) is 0 Å². The molecule has 0 saturated carbocycles. The zero-order valence-corrected chi connectivity index (χ0v) is 17.8. The van der Waals surface area contributed by atoms with Gasteiger partial charge in [-0.1, -0.05) is 29.8 Å². The molecule has 0 bridgehead atoms. The van der Waals surface area contributed by atoms with Gasteiger partial charge in [-0.3, -0.25) is 14.3 Å². The number of aryl methyl sites for hydroxylation is 1. The van der Waals surface area contributed by atoms with Gasteiger partial charge in [-0.05, 0) is 54.4 Å². The molecule has 8 nitrogen and oxygen atoms in total. The molecule has 1 heterocycles. The molecule has 158 valence electrons. The highest BCUT2D eigenvalue weighted by atomic mass is 35.5. The van der Waals surface area contributed by atoms with Crippen molar-refractivity contribution in [2.24, 2.45) is 0 Å². The van der Waals surface area contributed by atoms with Crippen LogP contribution in [0.1, 0.15) is 5.56 Å². The Hall–Kier alpha value is -3.56. The quantitative estimate of drug-likeness (QED) is 0.276. The van der Waals surface area contributed by atoms with Crippen LogP contribution in [-0.4, -0.2) is 18.4 Å². The smallest absolute Gasteiger partial charge is 0.314 e. The first kappa shape index (κ1) is 20.7. The minimum atomic E-state index is -4.00. The van der Waals surface area contributed by atoms with Crippen LogP contribution in [0.25, 0.3) is 22.2 Å². The van der Waals surface area contributed by atoms with Gasteiger partial charge in [0.2, 0.25) is 0 Å². The molecule has 4 rings (SSSR count). The number of nitrogen functional groups attached to an aromatic ring is 1.